The molecule has 1 heterocycles. The van der Waals surface area contributed by atoms with Gasteiger partial charge in [0.05, 0.1) is 13.1 Å². The number of nitrogens with one attached hydrogen (secondary N) is 1. The highest BCUT2D eigenvalue weighted by atomic mass is 35.5. The van der Waals surface area contributed by atoms with Crippen molar-refractivity contribution >= 4 is 29.3 Å². The highest BCUT2D eigenvalue weighted by Crippen LogP contribution is 2.13. The van der Waals surface area contributed by atoms with Gasteiger partial charge in [0, 0.05) is 50.4 Å². The largest absolute Gasteiger partial charge is 0.355 e. The van der Waals surface area contributed by atoms with Crippen LogP contribution >= 0.6 is 11.6 Å². The fourth-order valence-electron chi connectivity index (χ4n) is 2.82. The normalized spacial score (nSPS) is 14.7. The molecule has 0 spiro atoms. The lowest BCUT2D eigenvalue weighted by Crippen LogP contribution is -2.51. The second-order valence-electron chi connectivity index (χ2n) is 6.67. The van der Waals surface area contributed by atoms with E-state index in [4.69, 9.17) is 11.6 Å². The van der Waals surface area contributed by atoms with Crippen molar-refractivity contribution in [2.24, 2.45) is 0 Å². The molecule has 0 bridgehead atoms. The molecule has 1 N–H and O–H groups in total. The van der Waals surface area contributed by atoms with E-state index in [-0.39, 0.29) is 30.8 Å². The summed E-state index contributed by atoms with van der Waals surface area (Å²) in [5.74, 6) is -0.271. The molecule has 27 heavy (non-hydrogen) atoms. The number of benzene rings is 1. The van der Waals surface area contributed by atoms with Gasteiger partial charge in [0.1, 0.15) is 0 Å². The molecule has 0 aliphatic carbocycles. The van der Waals surface area contributed by atoms with Crippen LogP contribution in [0.15, 0.2) is 24.3 Å². The number of nitrogens with zero attached hydrogens (tertiary/aromatic N) is 3. The fraction of sp³-hybridized carbons (Fsp3) is 0.526. The van der Waals surface area contributed by atoms with Gasteiger partial charge in [0.15, 0.2) is 0 Å². The number of hydrogen-bond acceptors (Lipinski definition) is 4. The van der Waals surface area contributed by atoms with Gasteiger partial charge in [-0.1, -0.05) is 18.5 Å². The van der Waals surface area contributed by atoms with Crippen LogP contribution in [0.4, 0.5) is 0 Å². The molecule has 0 radical (unpaired) electrons. The first-order valence-corrected chi connectivity index (χ1v) is 9.56. The molecule has 0 saturated carbocycles. The number of piperazine rings is 1. The summed E-state index contributed by atoms with van der Waals surface area (Å²) in [6.45, 7) is 5.29. The minimum Gasteiger partial charge on any atom is -0.355 e. The van der Waals surface area contributed by atoms with E-state index in [9.17, 15) is 14.4 Å². The monoisotopic (exact) mass is 394 g/mol. The number of halogens is 1. The summed E-state index contributed by atoms with van der Waals surface area (Å²) < 4.78 is 0. The summed E-state index contributed by atoms with van der Waals surface area (Å²) >= 11 is 5.86. The summed E-state index contributed by atoms with van der Waals surface area (Å²) in [7, 11) is 1.63. The molecule has 0 aromatic heterocycles. The van der Waals surface area contributed by atoms with Crippen molar-refractivity contribution < 1.29 is 14.4 Å². The molecule has 1 saturated heterocycles. The second-order valence-corrected chi connectivity index (χ2v) is 7.11. The van der Waals surface area contributed by atoms with Gasteiger partial charge >= 0.3 is 0 Å². The van der Waals surface area contributed by atoms with E-state index in [1.165, 1.54) is 4.90 Å². The highest BCUT2D eigenvalue weighted by molar-refractivity contribution is 6.30. The SMILES string of the molecule is CCCNC(=O)CN(C)C(=O)CN1CCN(C(=O)c2ccc(Cl)cc2)CC1. The highest BCUT2D eigenvalue weighted by Gasteiger charge is 2.24. The van der Waals surface area contributed by atoms with Crippen LogP contribution in [0.1, 0.15) is 23.7 Å². The zero-order chi connectivity index (χ0) is 19.8. The van der Waals surface area contributed by atoms with Gasteiger partial charge in [-0.15, -0.1) is 0 Å². The Morgan fingerprint density at radius 3 is 2.33 bits per heavy atom. The molecule has 148 valence electrons. The van der Waals surface area contributed by atoms with Crippen molar-refractivity contribution in [1.82, 2.24) is 20.0 Å². The minimum atomic E-state index is -0.147. The maximum Gasteiger partial charge on any atom is 0.253 e. The average molecular weight is 395 g/mol. The molecule has 3 amide bonds. The first-order valence-electron chi connectivity index (χ1n) is 9.18. The van der Waals surface area contributed by atoms with Crippen LogP contribution in [0.5, 0.6) is 0 Å². The third-order valence-corrected chi connectivity index (χ3v) is 4.74. The van der Waals surface area contributed by atoms with Crippen molar-refractivity contribution in [3.05, 3.63) is 34.9 Å². The molecule has 8 heteroatoms. The third-order valence-electron chi connectivity index (χ3n) is 4.49. The van der Waals surface area contributed by atoms with E-state index in [0.717, 1.165) is 6.42 Å². The molecule has 2 rings (SSSR count). The summed E-state index contributed by atoms with van der Waals surface area (Å²) in [4.78, 5) is 41.7. The Bertz CT molecular complexity index is 657. The standard InChI is InChI=1S/C19H27ClN4O3/c1-3-8-21-17(25)13-22(2)18(26)14-23-9-11-24(12-10-23)19(27)15-4-6-16(20)7-5-15/h4-7H,3,8-14H2,1-2H3,(H,21,25). The molecular formula is C19H27ClN4O3. The fourth-order valence-corrected chi connectivity index (χ4v) is 2.95. The van der Waals surface area contributed by atoms with Crippen molar-refractivity contribution in [1.29, 1.82) is 0 Å². The zero-order valence-electron chi connectivity index (χ0n) is 15.9. The van der Waals surface area contributed by atoms with Gasteiger partial charge < -0.3 is 15.1 Å². The van der Waals surface area contributed by atoms with E-state index < -0.39 is 0 Å². The van der Waals surface area contributed by atoms with Crippen molar-refractivity contribution in [3.63, 3.8) is 0 Å². The number of carbonyl (C=O) groups is 3. The van der Waals surface area contributed by atoms with Gasteiger partial charge in [-0.25, -0.2) is 0 Å². The van der Waals surface area contributed by atoms with Crippen LogP contribution in [0.3, 0.4) is 0 Å². The van der Waals surface area contributed by atoms with Crippen molar-refractivity contribution in [2.75, 3.05) is 52.9 Å². The number of carbonyl (C=O) groups excluding carboxylic acids is 3. The molecule has 0 atom stereocenters. The summed E-state index contributed by atoms with van der Waals surface area (Å²) in [6.07, 6.45) is 0.864. The smallest absolute Gasteiger partial charge is 0.253 e. The van der Waals surface area contributed by atoms with Crippen molar-refractivity contribution in [2.45, 2.75) is 13.3 Å². The Morgan fingerprint density at radius 2 is 1.74 bits per heavy atom. The van der Waals surface area contributed by atoms with Crippen LogP contribution in [-0.2, 0) is 9.59 Å². The molecular weight excluding hydrogens is 368 g/mol. The topological polar surface area (TPSA) is 73.0 Å². The molecule has 1 aromatic rings. The predicted molar refractivity (Wildman–Crippen MR) is 105 cm³/mol. The first-order chi connectivity index (χ1) is 12.9. The Hall–Kier alpha value is -2.12. The van der Waals surface area contributed by atoms with Gasteiger partial charge in [-0.3, -0.25) is 19.3 Å². The molecule has 0 unspecified atom stereocenters. The maximum atomic E-state index is 12.5. The second kappa shape index (κ2) is 10.3. The van der Waals surface area contributed by atoms with Gasteiger partial charge in [0.25, 0.3) is 5.91 Å². The maximum absolute atomic E-state index is 12.5. The van der Waals surface area contributed by atoms with Crippen molar-refractivity contribution in [3.8, 4) is 0 Å². The van der Waals surface area contributed by atoms with Gasteiger partial charge in [-0.2, -0.15) is 0 Å². The summed E-state index contributed by atoms with van der Waals surface area (Å²) in [5, 5.41) is 3.36. The lowest BCUT2D eigenvalue weighted by molar-refractivity contribution is -0.135. The van der Waals surface area contributed by atoms with Crippen LogP contribution in [0.2, 0.25) is 5.02 Å². The van der Waals surface area contributed by atoms with Crippen LogP contribution in [-0.4, -0.2) is 85.3 Å². The van der Waals surface area contributed by atoms with Gasteiger partial charge in [-0.05, 0) is 30.7 Å². The minimum absolute atomic E-state index is 0.0256. The van der Waals surface area contributed by atoms with Crippen LogP contribution in [0, 0.1) is 0 Å². The Morgan fingerprint density at radius 1 is 1.11 bits per heavy atom. The first kappa shape index (κ1) is 21.2. The van der Waals surface area contributed by atoms with E-state index in [1.54, 1.807) is 36.2 Å². The van der Waals surface area contributed by atoms with E-state index in [2.05, 4.69) is 5.32 Å². The zero-order valence-corrected chi connectivity index (χ0v) is 16.7. The predicted octanol–water partition coefficient (Wildman–Crippen LogP) is 1.08. The molecule has 1 aliphatic heterocycles. The Balaban J connectivity index is 1.76. The molecule has 7 nitrogen and oxygen atoms in total. The number of amides is 3. The summed E-state index contributed by atoms with van der Waals surface area (Å²) in [5.41, 5.74) is 0.613. The van der Waals surface area contributed by atoms with Gasteiger partial charge in [0.2, 0.25) is 11.8 Å². The van der Waals surface area contributed by atoms with Crippen LogP contribution in [0.25, 0.3) is 0 Å². The number of rotatable bonds is 7. The van der Waals surface area contributed by atoms with E-state index >= 15 is 0 Å². The third kappa shape index (κ3) is 6.52. The van der Waals surface area contributed by atoms with E-state index in [1.807, 2.05) is 11.8 Å². The number of likely N-dealkylation sites (N-methyl/N-ethyl adjacent to an activating group) is 1. The quantitative estimate of drug-likeness (QED) is 0.751. The summed E-state index contributed by atoms with van der Waals surface area (Å²) in [6, 6.07) is 6.85. The lowest BCUT2D eigenvalue weighted by Gasteiger charge is -2.35. The molecule has 1 aliphatic rings. The molecule has 1 aromatic carbocycles. The van der Waals surface area contributed by atoms with Crippen LogP contribution < -0.4 is 5.32 Å². The molecule has 1 fully saturated rings. The average Bonchev–Trinajstić information content (AvgIpc) is 2.67. The Labute approximate surface area is 165 Å². The van der Waals surface area contributed by atoms with E-state index in [0.29, 0.717) is 43.3 Å². The lowest BCUT2D eigenvalue weighted by atomic mass is 10.2. The Kier molecular flexibility index (Phi) is 8.06. The number of hydrogen-bond donors (Lipinski definition) is 1.